The van der Waals surface area contributed by atoms with Crippen molar-refractivity contribution in [2.24, 2.45) is 4.99 Å². The Hall–Kier alpha value is -0.710. The Morgan fingerprint density at radius 1 is 1.30 bits per heavy atom. The fourth-order valence-corrected chi connectivity index (χ4v) is 4.13. The predicted octanol–water partition coefficient (Wildman–Crippen LogP) is 4.16. The first-order valence-electron chi connectivity index (χ1n) is 8.97. The molecule has 2 aromatic rings. The first-order chi connectivity index (χ1) is 12.6. The van der Waals surface area contributed by atoms with Gasteiger partial charge in [-0.3, -0.25) is 9.89 Å². The van der Waals surface area contributed by atoms with Crippen LogP contribution >= 0.6 is 51.2 Å². The van der Waals surface area contributed by atoms with Gasteiger partial charge in [-0.05, 0) is 37.5 Å². The van der Waals surface area contributed by atoms with Crippen LogP contribution in [-0.2, 0) is 13.1 Å². The molecule has 0 aliphatic carbocycles. The largest absolute Gasteiger partial charge is 0.354 e. The van der Waals surface area contributed by atoms with Crippen molar-refractivity contribution < 1.29 is 0 Å². The molecule has 27 heavy (non-hydrogen) atoms. The van der Waals surface area contributed by atoms with E-state index in [0.29, 0.717) is 6.04 Å². The molecule has 0 radical (unpaired) electrons. The van der Waals surface area contributed by atoms with E-state index in [2.05, 4.69) is 65.7 Å². The number of rotatable bonds is 5. The Morgan fingerprint density at radius 2 is 2.00 bits per heavy atom. The molecule has 1 saturated heterocycles. The highest BCUT2D eigenvalue weighted by molar-refractivity contribution is 14.0. The van der Waals surface area contributed by atoms with Gasteiger partial charge < -0.3 is 10.6 Å². The molecule has 0 bridgehead atoms. The number of piperidine rings is 1. The smallest absolute Gasteiger partial charge is 0.191 e. The van der Waals surface area contributed by atoms with Gasteiger partial charge in [0, 0.05) is 48.3 Å². The average molecular weight is 564 g/mol. The lowest BCUT2D eigenvalue weighted by Crippen LogP contribution is -2.48. The van der Waals surface area contributed by atoms with Gasteiger partial charge in [-0.1, -0.05) is 28.1 Å². The molecular weight excluding hydrogens is 537 g/mol. The van der Waals surface area contributed by atoms with Crippen molar-refractivity contribution in [1.82, 2.24) is 20.5 Å². The van der Waals surface area contributed by atoms with Crippen LogP contribution in [0.1, 0.15) is 28.3 Å². The first-order valence-corrected chi connectivity index (χ1v) is 10.6. The van der Waals surface area contributed by atoms with Gasteiger partial charge in [0.2, 0.25) is 0 Å². The van der Waals surface area contributed by atoms with E-state index >= 15 is 0 Å². The summed E-state index contributed by atoms with van der Waals surface area (Å²) in [6, 6.07) is 9.10. The van der Waals surface area contributed by atoms with E-state index in [-0.39, 0.29) is 24.0 Å². The Labute approximate surface area is 191 Å². The minimum Gasteiger partial charge on any atom is -0.354 e. The molecule has 148 valence electrons. The van der Waals surface area contributed by atoms with Crippen LogP contribution in [0, 0.1) is 6.92 Å². The number of aromatic nitrogens is 1. The summed E-state index contributed by atoms with van der Waals surface area (Å²) in [4.78, 5) is 12.4. The molecule has 1 aromatic carbocycles. The molecule has 0 saturated carbocycles. The molecule has 1 aliphatic rings. The van der Waals surface area contributed by atoms with Gasteiger partial charge in [0.1, 0.15) is 0 Å². The number of hydrogen-bond acceptors (Lipinski definition) is 4. The second kappa shape index (κ2) is 11.3. The highest BCUT2D eigenvalue weighted by Gasteiger charge is 2.20. The Morgan fingerprint density at radius 3 is 2.59 bits per heavy atom. The molecule has 0 unspecified atom stereocenters. The summed E-state index contributed by atoms with van der Waals surface area (Å²) < 4.78 is 1.14. The lowest BCUT2D eigenvalue weighted by atomic mass is 10.0. The number of nitrogens with zero attached hydrogens (tertiary/aromatic N) is 3. The normalized spacial score (nSPS) is 16.0. The fourth-order valence-electron chi connectivity index (χ4n) is 3.13. The standard InChI is InChI=1S/C19H26BrN5S.HI/c1-14-22-11-18(26-14)12-23-19(21-2)24-17-7-9-25(10-8-17)13-15-3-5-16(20)6-4-15;/h3-6,11,17H,7-10,12-13H2,1-2H3,(H2,21,23,24);1H. The van der Waals surface area contributed by atoms with Gasteiger partial charge in [0.25, 0.3) is 0 Å². The molecule has 2 N–H and O–H groups in total. The zero-order chi connectivity index (χ0) is 18.4. The summed E-state index contributed by atoms with van der Waals surface area (Å²) in [6.45, 7) is 6.05. The second-order valence-corrected chi connectivity index (χ2v) is 8.83. The molecule has 0 atom stereocenters. The van der Waals surface area contributed by atoms with Crippen molar-refractivity contribution in [2.45, 2.75) is 38.9 Å². The van der Waals surface area contributed by atoms with E-state index in [0.717, 1.165) is 54.5 Å². The van der Waals surface area contributed by atoms with Crippen LogP contribution in [0.15, 0.2) is 39.9 Å². The van der Waals surface area contributed by atoms with Crippen LogP contribution in [-0.4, -0.2) is 42.0 Å². The van der Waals surface area contributed by atoms with E-state index in [1.807, 2.05) is 20.2 Å². The molecule has 5 nitrogen and oxygen atoms in total. The minimum absolute atomic E-state index is 0. The lowest BCUT2D eigenvalue weighted by molar-refractivity contribution is 0.198. The predicted molar refractivity (Wildman–Crippen MR) is 128 cm³/mol. The molecule has 2 heterocycles. The van der Waals surface area contributed by atoms with Gasteiger partial charge >= 0.3 is 0 Å². The topological polar surface area (TPSA) is 52.6 Å². The number of likely N-dealkylation sites (tertiary alicyclic amines) is 1. The van der Waals surface area contributed by atoms with E-state index in [9.17, 15) is 0 Å². The number of thiazole rings is 1. The number of guanidine groups is 1. The van der Waals surface area contributed by atoms with Crippen molar-refractivity contribution in [1.29, 1.82) is 0 Å². The highest BCUT2D eigenvalue weighted by Crippen LogP contribution is 2.16. The Kier molecular flexibility index (Phi) is 9.47. The van der Waals surface area contributed by atoms with Crippen LogP contribution in [0.25, 0.3) is 0 Å². The molecule has 0 amide bonds. The molecule has 1 fully saturated rings. The van der Waals surface area contributed by atoms with Crippen molar-refractivity contribution in [3.8, 4) is 0 Å². The van der Waals surface area contributed by atoms with Crippen LogP contribution < -0.4 is 10.6 Å². The number of nitrogens with one attached hydrogen (secondary N) is 2. The summed E-state index contributed by atoms with van der Waals surface area (Å²) >= 11 is 5.22. The first kappa shape index (κ1) is 22.6. The quantitative estimate of drug-likeness (QED) is 0.326. The average Bonchev–Trinajstić information content (AvgIpc) is 3.07. The summed E-state index contributed by atoms with van der Waals surface area (Å²) in [5.41, 5.74) is 1.37. The van der Waals surface area contributed by atoms with E-state index < -0.39 is 0 Å². The molecule has 1 aliphatic heterocycles. The second-order valence-electron chi connectivity index (χ2n) is 6.59. The van der Waals surface area contributed by atoms with Crippen molar-refractivity contribution in [3.63, 3.8) is 0 Å². The minimum atomic E-state index is 0. The maximum absolute atomic E-state index is 4.36. The lowest BCUT2D eigenvalue weighted by Gasteiger charge is -2.33. The highest BCUT2D eigenvalue weighted by atomic mass is 127. The van der Waals surface area contributed by atoms with Crippen LogP contribution in [0.5, 0.6) is 0 Å². The number of halogens is 2. The monoisotopic (exact) mass is 563 g/mol. The molecule has 3 rings (SSSR count). The van der Waals surface area contributed by atoms with Gasteiger partial charge in [-0.2, -0.15) is 0 Å². The van der Waals surface area contributed by atoms with Gasteiger partial charge in [-0.15, -0.1) is 35.3 Å². The van der Waals surface area contributed by atoms with Crippen LogP contribution in [0.2, 0.25) is 0 Å². The van der Waals surface area contributed by atoms with E-state index in [1.165, 1.54) is 10.4 Å². The van der Waals surface area contributed by atoms with Gasteiger partial charge in [-0.25, -0.2) is 4.98 Å². The zero-order valence-corrected chi connectivity index (χ0v) is 20.5. The maximum atomic E-state index is 4.36. The van der Waals surface area contributed by atoms with Gasteiger partial charge in [0.15, 0.2) is 5.96 Å². The zero-order valence-electron chi connectivity index (χ0n) is 15.7. The molecule has 0 spiro atoms. The number of hydrogen-bond donors (Lipinski definition) is 2. The third-order valence-corrected chi connectivity index (χ3v) is 6.01. The van der Waals surface area contributed by atoms with E-state index in [1.54, 1.807) is 11.3 Å². The Bertz CT molecular complexity index is 726. The maximum Gasteiger partial charge on any atom is 0.191 e. The molecular formula is C19H27BrIN5S. The fraction of sp³-hybridized carbons (Fsp3) is 0.474. The summed E-state index contributed by atoms with van der Waals surface area (Å²) in [7, 11) is 1.83. The van der Waals surface area contributed by atoms with Crippen molar-refractivity contribution in [3.05, 3.63) is 50.4 Å². The van der Waals surface area contributed by atoms with Crippen LogP contribution in [0.4, 0.5) is 0 Å². The van der Waals surface area contributed by atoms with Crippen molar-refractivity contribution in [2.75, 3.05) is 20.1 Å². The number of benzene rings is 1. The van der Waals surface area contributed by atoms with Crippen molar-refractivity contribution >= 4 is 57.2 Å². The summed E-state index contributed by atoms with van der Waals surface area (Å²) in [6.07, 6.45) is 4.20. The number of aliphatic imine (C=N–C) groups is 1. The summed E-state index contributed by atoms with van der Waals surface area (Å²) in [5, 5.41) is 8.06. The van der Waals surface area contributed by atoms with Crippen LogP contribution in [0.3, 0.4) is 0 Å². The molecule has 1 aromatic heterocycles. The van der Waals surface area contributed by atoms with E-state index in [4.69, 9.17) is 0 Å². The third-order valence-electron chi connectivity index (χ3n) is 4.57. The Balaban J connectivity index is 0.00000261. The molecule has 8 heteroatoms. The third kappa shape index (κ3) is 7.32. The number of aryl methyl sites for hydroxylation is 1. The summed E-state index contributed by atoms with van der Waals surface area (Å²) in [5.74, 6) is 0.877. The SMILES string of the molecule is CN=C(NCc1cnc(C)s1)NC1CCN(Cc2ccc(Br)cc2)CC1.I. The van der Waals surface area contributed by atoms with Gasteiger partial charge in [0.05, 0.1) is 11.6 Å².